The summed E-state index contributed by atoms with van der Waals surface area (Å²) in [6.07, 6.45) is 8.19. The minimum Gasteiger partial charge on any atom is -0.454 e. The lowest BCUT2D eigenvalue weighted by molar-refractivity contribution is 0.0853. The molecular weight excluding hydrogens is 292 g/mol. The predicted octanol–water partition coefficient (Wildman–Crippen LogP) is 1.88. The molecule has 4 rings (SSSR count). The summed E-state index contributed by atoms with van der Waals surface area (Å²) >= 11 is 0. The lowest BCUT2D eigenvalue weighted by Crippen LogP contribution is -2.48. The minimum absolute atomic E-state index is 0.106. The smallest absolute Gasteiger partial charge is 0.287 e. The van der Waals surface area contributed by atoms with Crippen LogP contribution in [0.1, 0.15) is 42.0 Å². The number of nitrogens with zero attached hydrogens (tertiary/aromatic N) is 3. The standard InChI is InChI=1S/C17H22N4O2/c1-20-13-3-4-14(20)10-12(9-13)19-17(22)16-6-5-15(23-16)11-21-8-2-7-18-21/h2,5-8,12-14H,3-4,9-11H2,1H3,(H,19,22). The summed E-state index contributed by atoms with van der Waals surface area (Å²) in [5.41, 5.74) is 0. The molecule has 0 saturated carbocycles. The maximum absolute atomic E-state index is 12.4. The van der Waals surface area contributed by atoms with Crippen molar-refractivity contribution >= 4 is 5.91 Å². The number of hydrogen-bond acceptors (Lipinski definition) is 4. The van der Waals surface area contributed by atoms with Crippen LogP contribution in [0.4, 0.5) is 0 Å². The van der Waals surface area contributed by atoms with Gasteiger partial charge in [-0.3, -0.25) is 9.48 Å². The van der Waals surface area contributed by atoms with Crippen molar-refractivity contribution in [3.05, 3.63) is 42.1 Å². The molecule has 6 heteroatoms. The molecule has 2 aliphatic heterocycles. The molecule has 1 amide bonds. The quantitative estimate of drug-likeness (QED) is 0.936. The molecule has 2 fully saturated rings. The Hall–Kier alpha value is -2.08. The summed E-state index contributed by atoms with van der Waals surface area (Å²) in [6, 6.07) is 6.95. The van der Waals surface area contributed by atoms with Crippen LogP contribution in [-0.4, -0.2) is 45.8 Å². The van der Waals surface area contributed by atoms with Crippen molar-refractivity contribution < 1.29 is 9.21 Å². The zero-order chi connectivity index (χ0) is 15.8. The molecule has 2 aromatic rings. The Balaban J connectivity index is 1.37. The van der Waals surface area contributed by atoms with Crippen LogP contribution in [0.15, 0.2) is 35.0 Å². The summed E-state index contributed by atoms with van der Waals surface area (Å²) in [7, 11) is 2.20. The largest absolute Gasteiger partial charge is 0.454 e. The molecule has 2 bridgehead atoms. The average Bonchev–Trinajstić information content (AvgIpc) is 3.23. The van der Waals surface area contributed by atoms with Crippen molar-refractivity contribution in [1.82, 2.24) is 20.0 Å². The molecule has 6 nitrogen and oxygen atoms in total. The fourth-order valence-corrected chi connectivity index (χ4v) is 3.92. The number of fused-ring (bicyclic) bond motifs is 2. The third kappa shape index (κ3) is 2.91. The molecule has 0 radical (unpaired) electrons. The van der Waals surface area contributed by atoms with E-state index in [2.05, 4.69) is 22.4 Å². The van der Waals surface area contributed by atoms with Crippen molar-refractivity contribution in [3.63, 3.8) is 0 Å². The van der Waals surface area contributed by atoms with E-state index in [1.807, 2.05) is 18.3 Å². The summed E-state index contributed by atoms with van der Waals surface area (Å²) in [4.78, 5) is 14.9. The van der Waals surface area contributed by atoms with E-state index in [-0.39, 0.29) is 11.9 Å². The van der Waals surface area contributed by atoms with Crippen LogP contribution in [0.5, 0.6) is 0 Å². The van der Waals surface area contributed by atoms with Gasteiger partial charge in [-0.05, 0) is 50.9 Å². The summed E-state index contributed by atoms with van der Waals surface area (Å²) in [5.74, 6) is 1.02. The van der Waals surface area contributed by atoms with Gasteiger partial charge >= 0.3 is 0 Å². The highest BCUT2D eigenvalue weighted by molar-refractivity contribution is 5.91. The number of carbonyl (C=O) groups is 1. The van der Waals surface area contributed by atoms with Gasteiger partial charge in [0.15, 0.2) is 5.76 Å². The predicted molar refractivity (Wildman–Crippen MR) is 85.1 cm³/mol. The number of amides is 1. The van der Waals surface area contributed by atoms with Gasteiger partial charge in [-0.2, -0.15) is 5.10 Å². The van der Waals surface area contributed by atoms with Gasteiger partial charge < -0.3 is 14.6 Å². The first-order valence-electron chi connectivity index (χ1n) is 8.28. The Morgan fingerprint density at radius 2 is 2.13 bits per heavy atom. The van der Waals surface area contributed by atoms with Crippen LogP contribution < -0.4 is 5.32 Å². The number of carbonyl (C=O) groups excluding carboxylic acids is 1. The molecule has 122 valence electrons. The molecule has 0 spiro atoms. The van der Waals surface area contributed by atoms with Crippen molar-refractivity contribution in [3.8, 4) is 0 Å². The second kappa shape index (κ2) is 5.85. The van der Waals surface area contributed by atoms with Gasteiger partial charge in [-0.1, -0.05) is 0 Å². The third-order valence-electron chi connectivity index (χ3n) is 5.20. The Morgan fingerprint density at radius 3 is 2.83 bits per heavy atom. The van der Waals surface area contributed by atoms with Gasteiger partial charge in [-0.25, -0.2) is 0 Å². The first-order chi connectivity index (χ1) is 11.2. The van der Waals surface area contributed by atoms with E-state index in [1.165, 1.54) is 12.8 Å². The van der Waals surface area contributed by atoms with Crippen molar-refractivity contribution in [1.29, 1.82) is 0 Å². The normalized spacial score (nSPS) is 27.3. The van der Waals surface area contributed by atoms with Crippen LogP contribution >= 0.6 is 0 Å². The van der Waals surface area contributed by atoms with E-state index >= 15 is 0 Å². The minimum atomic E-state index is -0.106. The van der Waals surface area contributed by atoms with Crippen molar-refractivity contribution in [2.45, 2.75) is 50.4 Å². The lowest BCUT2D eigenvalue weighted by atomic mass is 9.98. The van der Waals surface area contributed by atoms with E-state index in [9.17, 15) is 4.79 Å². The molecule has 2 unspecified atom stereocenters. The Bertz CT molecular complexity index is 665. The highest BCUT2D eigenvalue weighted by Gasteiger charge is 2.39. The SMILES string of the molecule is CN1C2CCC1CC(NC(=O)c1ccc(Cn3cccn3)o1)C2. The molecule has 1 N–H and O–H groups in total. The first kappa shape index (κ1) is 14.5. The van der Waals surface area contributed by atoms with E-state index in [1.54, 1.807) is 16.9 Å². The maximum Gasteiger partial charge on any atom is 0.287 e. The number of piperidine rings is 1. The van der Waals surface area contributed by atoms with Gasteiger partial charge in [0.1, 0.15) is 5.76 Å². The Kier molecular flexibility index (Phi) is 3.69. The first-order valence-corrected chi connectivity index (χ1v) is 8.28. The summed E-state index contributed by atoms with van der Waals surface area (Å²) < 4.78 is 7.44. The molecule has 2 aromatic heterocycles. The average molecular weight is 314 g/mol. The van der Waals surface area contributed by atoms with Gasteiger partial charge in [-0.15, -0.1) is 0 Å². The lowest BCUT2D eigenvalue weighted by Gasteiger charge is -2.36. The van der Waals surface area contributed by atoms with Gasteiger partial charge in [0.05, 0.1) is 6.54 Å². The van der Waals surface area contributed by atoms with Crippen molar-refractivity contribution in [2.75, 3.05) is 7.05 Å². The monoisotopic (exact) mass is 314 g/mol. The third-order valence-corrected chi connectivity index (χ3v) is 5.20. The fourth-order valence-electron chi connectivity index (χ4n) is 3.92. The summed E-state index contributed by atoms with van der Waals surface area (Å²) in [6.45, 7) is 0.540. The molecular formula is C17H22N4O2. The van der Waals surface area contributed by atoms with Gasteiger partial charge in [0.25, 0.3) is 5.91 Å². The molecule has 2 aliphatic rings. The van der Waals surface area contributed by atoms with Crippen LogP contribution in [0.25, 0.3) is 0 Å². The second-order valence-corrected chi connectivity index (χ2v) is 6.66. The van der Waals surface area contributed by atoms with E-state index in [4.69, 9.17) is 4.42 Å². The maximum atomic E-state index is 12.4. The van der Waals surface area contributed by atoms with E-state index in [0.29, 0.717) is 24.4 Å². The number of furan rings is 1. The Labute approximate surface area is 135 Å². The van der Waals surface area contributed by atoms with Gasteiger partial charge in [0.2, 0.25) is 0 Å². The highest BCUT2D eigenvalue weighted by atomic mass is 16.4. The molecule has 4 heterocycles. The van der Waals surface area contributed by atoms with Crippen molar-refractivity contribution in [2.24, 2.45) is 0 Å². The molecule has 2 saturated heterocycles. The summed E-state index contributed by atoms with van der Waals surface area (Å²) in [5, 5.41) is 7.29. The second-order valence-electron chi connectivity index (χ2n) is 6.66. The molecule has 0 aliphatic carbocycles. The molecule has 23 heavy (non-hydrogen) atoms. The Morgan fingerprint density at radius 1 is 1.35 bits per heavy atom. The van der Waals surface area contributed by atoms with E-state index < -0.39 is 0 Å². The fraction of sp³-hybridized carbons (Fsp3) is 0.529. The van der Waals surface area contributed by atoms with Crippen LogP contribution in [0, 0.1) is 0 Å². The number of nitrogens with one attached hydrogen (secondary N) is 1. The van der Waals surface area contributed by atoms with E-state index in [0.717, 1.165) is 18.6 Å². The number of aromatic nitrogens is 2. The van der Waals surface area contributed by atoms with Crippen LogP contribution in [0.3, 0.4) is 0 Å². The molecule has 0 aromatic carbocycles. The number of hydrogen-bond donors (Lipinski definition) is 1. The van der Waals surface area contributed by atoms with Crippen LogP contribution in [0.2, 0.25) is 0 Å². The van der Waals surface area contributed by atoms with Crippen LogP contribution in [-0.2, 0) is 6.54 Å². The number of rotatable bonds is 4. The zero-order valence-corrected chi connectivity index (χ0v) is 13.3. The highest BCUT2D eigenvalue weighted by Crippen LogP contribution is 2.34. The molecule has 2 atom stereocenters. The van der Waals surface area contributed by atoms with Gasteiger partial charge in [0, 0.05) is 30.5 Å². The zero-order valence-electron chi connectivity index (χ0n) is 13.3. The topological polar surface area (TPSA) is 63.3 Å².